The van der Waals surface area contributed by atoms with Crippen LogP contribution >= 0.6 is 0 Å². The minimum atomic E-state index is -0.270. The molecule has 0 fully saturated rings. The number of aromatic amines is 1. The van der Waals surface area contributed by atoms with Crippen LogP contribution in [0.3, 0.4) is 0 Å². The van der Waals surface area contributed by atoms with Gasteiger partial charge in [-0.05, 0) is 35.7 Å². The molecule has 0 aliphatic heterocycles. The number of hydrogen-bond acceptors (Lipinski definition) is 2. The molecule has 0 aliphatic rings. The zero-order valence-corrected chi connectivity index (χ0v) is 12.4. The summed E-state index contributed by atoms with van der Waals surface area (Å²) in [5, 5.41) is 12.3. The summed E-state index contributed by atoms with van der Waals surface area (Å²) in [6, 6.07) is 17.0. The van der Waals surface area contributed by atoms with Gasteiger partial charge < -0.3 is 14.8 Å². The maximum Gasteiger partial charge on any atom is 0.170 e. The molecule has 0 bridgehead atoms. The van der Waals surface area contributed by atoms with Crippen molar-refractivity contribution in [1.82, 2.24) is 4.98 Å². The summed E-state index contributed by atoms with van der Waals surface area (Å²) in [4.78, 5) is 3.18. The first kappa shape index (κ1) is 13.6. The molecule has 113 valence electrons. The van der Waals surface area contributed by atoms with E-state index in [1.165, 1.54) is 19.2 Å². The Bertz CT molecular complexity index is 1040. The number of hydrogen-bond donors (Lipinski definition) is 2. The molecule has 0 aliphatic carbocycles. The molecule has 4 aromatic rings. The highest BCUT2D eigenvalue weighted by Gasteiger charge is 2.15. The SMILES string of the molecule is COc1c(-c2cc3c(cc(F)c4ccccc43)[nH]2)[c]ccc1O. The van der Waals surface area contributed by atoms with Gasteiger partial charge in [-0.15, -0.1) is 0 Å². The van der Waals surface area contributed by atoms with Crippen LogP contribution in [0.15, 0.2) is 48.5 Å². The maximum atomic E-state index is 14.2. The highest BCUT2D eigenvalue weighted by atomic mass is 19.1. The van der Waals surface area contributed by atoms with E-state index < -0.39 is 0 Å². The van der Waals surface area contributed by atoms with Crippen LogP contribution in [0.1, 0.15) is 0 Å². The monoisotopic (exact) mass is 306 g/mol. The van der Waals surface area contributed by atoms with E-state index >= 15 is 0 Å². The average Bonchev–Trinajstić information content (AvgIpc) is 2.99. The van der Waals surface area contributed by atoms with Crippen LogP contribution in [0.2, 0.25) is 0 Å². The quantitative estimate of drug-likeness (QED) is 0.566. The smallest absolute Gasteiger partial charge is 0.170 e. The number of H-pyrrole nitrogens is 1. The van der Waals surface area contributed by atoms with E-state index in [2.05, 4.69) is 11.1 Å². The van der Waals surface area contributed by atoms with Crippen LogP contribution < -0.4 is 4.74 Å². The van der Waals surface area contributed by atoms with Crippen molar-refractivity contribution in [3.8, 4) is 22.8 Å². The lowest BCUT2D eigenvalue weighted by Crippen LogP contribution is -1.88. The summed E-state index contributed by atoms with van der Waals surface area (Å²) in [7, 11) is 1.49. The Kier molecular flexibility index (Phi) is 2.98. The highest BCUT2D eigenvalue weighted by Crippen LogP contribution is 2.38. The number of halogens is 1. The van der Waals surface area contributed by atoms with Crippen molar-refractivity contribution in [3.63, 3.8) is 0 Å². The Balaban J connectivity index is 2.04. The van der Waals surface area contributed by atoms with Gasteiger partial charge in [-0.3, -0.25) is 0 Å². The zero-order valence-electron chi connectivity index (χ0n) is 12.4. The topological polar surface area (TPSA) is 45.2 Å². The molecule has 3 nitrogen and oxygen atoms in total. The number of aromatic hydroxyl groups is 1. The first-order chi connectivity index (χ1) is 11.2. The van der Waals surface area contributed by atoms with Gasteiger partial charge in [0.15, 0.2) is 11.5 Å². The first-order valence-corrected chi connectivity index (χ1v) is 7.17. The van der Waals surface area contributed by atoms with E-state index in [4.69, 9.17) is 4.74 Å². The van der Waals surface area contributed by atoms with Gasteiger partial charge in [0.25, 0.3) is 0 Å². The number of methoxy groups -OCH3 is 1. The van der Waals surface area contributed by atoms with Crippen molar-refractivity contribution >= 4 is 21.7 Å². The van der Waals surface area contributed by atoms with E-state index in [1.807, 2.05) is 24.3 Å². The van der Waals surface area contributed by atoms with Gasteiger partial charge >= 0.3 is 0 Å². The molecule has 1 heterocycles. The van der Waals surface area contributed by atoms with Crippen LogP contribution in [-0.4, -0.2) is 17.2 Å². The second-order valence-corrected chi connectivity index (χ2v) is 5.32. The lowest BCUT2D eigenvalue weighted by Gasteiger charge is -2.07. The largest absolute Gasteiger partial charge is 0.504 e. The molecule has 0 atom stereocenters. The lowest BCUT2D eigenvalue weighted by molar-refractivity contribution is 0.375. The molecule has 23 heavy (non-hydrogen) atoms. The summed E-state index contributed by atoms with van der Waals surface area (Å²) < 4.78 is 19.5. The van der Waals surface area contributed by atoms with Crippen LogP contribution in [0.5, 0.6) is 11.5 Å². The first-order valence-electron chi connectivity index (χ1n) is 7.17. The predicted octanol–water partition coefficient (Wildman–Crippen LogP) is 4.64. The third-order valence-electron chi connectivity index (χ3n) is 4.00. The van der Waals surface area contributed by atoms with Crippen molar-refractivity contribution in [3.05, 3.63) is 60.4 Å². The van der Waals surface area contributed by atoms with Crippen molar-refractivity contribution in [2.24, 2.45) is 0 Å². The summed E-state index contributed by atoms with van der Waals surface area (Å²) in [5.74, 6) is 0.105. The lowest BCUT2D eigenvalue weighted by atomic mass is 10.1. The fraction of sp³-hybridized carbons (Fsp3) is 0.0526. The van der Waals surface area contributed by atoms with Crippen LogP contribution in [0, 0.1) is 11.9 Å². The van der Waals surface area contributed by atoms with Crippen molar-refractivity contribution in [2.45, 2.75) is 0 Å². The molecule has 0 saturated carbocycles. The molecule has 4 heteroatoms. The minimum Gasteiger partial charge on any atom is -0.504 e. The number of phenols is 1. The maximum absolute atomic E-state index is 14.2. The molecule has 1 aromatic heterocycles. The number of phenolic OH excluding ortho intramolecular Hbond substituents is 1. The molecule has 4 rings (SSSR count). The molecule has 0 unspecified atom stereocenters. The Labute approximate surface area is 131 Å². The standard InChI is InChI=1S/C19H13FNO2/c1-23-19-13(7-4-8-18(19)22)16-9-14-11-5-2-3-6-12(11)15(20)10-17(14)21-16/h2-6,8-10,21-22H,1H3. The Morgan fingerprint density at radius 1 is 1.09 bits per heavy atom. The van der Waals surface area contributed by atoms with Gasteiger partial charge in [-0.1, -0.05) is 24.3 Å². The van der Waals surface area contributed by atoms with Gasteiger partial charge in [0.1, 0.15) is 5.82 Å². The van der Waals surface area contributed by atoms with Gasteiger partial charge in [0.05, 0.1) is 18.4 Å². The van der Waals surface area contributed by atoms with Gasteiger partial charge in [-0.2, -0.15) is 0 Å². The number of aromatic nitrogens is 1. The predicted molar refractivity (Wildman–Crippen MR) is 88.3 cm³/mol. The molecule has 1 radical (unpaired) electrons. The number of fused-ring (bicyclic) bond motifs is 3. The van der Waals surface area contributed by atoms with E-state index in [1.54, 1.807) is 12.1 Å². The number of nitrogens with one attached hydrogen (secondary N) is 1. The molecule has 3 aromatic carbocycles. The summed E-state index contributed by atoms with van der Waals surface area (Å²) in [6.07, 6.45) is 0. The fourth-order valence-corrected chi connectivity index (χ4v) is 2.95. The fourth-order valence-electron chi connectivity index (χ4n) is 2.95. The van der Waals surface area contributed by atoms with E-state index in [0.717, 1.165) is 10.8 Å². The Morgan fingerprint density at radius 2 is 1.87 bits per heavy atom. The summed E-state index contributed by atoms with van der Waals surface area (Å²) in [6.45, 7) is 0. The highest BCUT2D eigenvalue weighted by molar-refractivity contribution is 6.08. The van der Waals surface area contributed by atoms with E-state index in [9.17, 15) is 9.50 Å². The van der Waals surface area contributed by atoms with Crippen LogP contribution in [0.25, 0.3) is 32.9 Å². The molecule has 0 amide bonds. The molecular formula is C19H13FNO2. The number of rotatable bonds is 2. The number of benzene rings is 3. The van der Waals surface area contributed by atoms with Crippen molar-refractivity contribution < 1.29 is 14.2 Å². The Hall–Kier alpha value is -3.01. The molecule has 2 N–H and O–H groups in total. The Morgan fingerprint density at radius 3 is 2.65 bits per heavy atom. The summed E-state index contributed by atoms with van der Waals surface area (Å²) in [5.41, 5.74) is 2.01. The van der Waals surface area contributed by atoms with Gasteiger partial charge in [0.2, 0.25) is 0 Å². The normalized spacial score (nSPS) is 11.2. The second-order valence-electron chi connectivity index (χ2n) is 5.32. The third kappa shape index (κ3) is 2.03. The number of ether oxygens (including phenoxy) is 1. The van der Waals surface area contributed by atoms with Crippen LogP contribution in [0.4, 0.5) is 4.39 Å². The zero-order chi connectivity index (χ0) is 16.0. The van der Waals surface area contributed by atoms with E-state index in [0.29, 0.717) is 27.9 Å². The summed E-state index contributed by atoms with van der Waals surface area (Å²) >= 11 is 0. The van der Waals surface area contributed by atoms with Gasteiger partial charge in [0, 0.05) is 16.3 Å². The van der Waals surface area contributed by atoms with Crippen molar-refractivity contribution in [2.75, 3.05) is 7.11 Å². The van der Waals surface area contributed by atoms with Crippen molar-refractivity contribution in [1.29, 1.82) is 0 Å². The van der Waals surface area contributed by atoms with E-state index in [-0.39, 0.29) is 11.6 Å². The van der Waals surface area contributed by atoms with Gasteiger partial charge in [-0.25, -0.2) is 4.39 Å². The molecule has 0 spiro atoms. The minimum absolute atomic E-state index is 0.0379. The second kappa shape index (κ2) is 5.02. The third-order valence-corrected chi connectivity index (χ3v) is 4.00. The molecule has 0 saturated heterocycles. The molecular weight excluding hydrogens is 293 g/mol. The van der Waals surface area contributed by atoms with Crippen LogP contribution in [-0.2, 0) is 0 Å². The average molecular weight is 306 g/mol.